The van der Waals surface area contributed by atoms with Crippen LogP contribution in [0.15, 0.2) is 10.6 Å². The highest BCUT2D eigenvalue weighted by molar-refractivity contribution is 5.96. The minimum atomic E-state index is -0.354. The topological polar surface area (TPSA) is 78.7 Å². The molecule has 21 heavy (non-hydrogen) atoms. The van der Waals surface area contributed by atoms with Gasteiger partial charge in [0.25, 0.3) is 5.91 Å². The van der Waals surface area contributed by atoms with Crippen LogP contribution in [0.5, 0.6) is 0 Å². The Labute approximate surface area is 123 Å². The van der Waals surface area contributed by atoms with Crippen molar-refractivity contribution in [1.29, 1.82) is 0 Å². The number of carbonyl (C=O) groups is 2. The highest BCUT2D eigenvalue weighted by Crippen LogP contribution is 2.22. The van der Waals surface area contributed by atoms with Gasteiger partial charge in [-0.25, -0.2) is 0 Å². The zero-order valence-corrected chi connectivity index (χ0v) is 12.2. The lowest BCUT2D eigenvalue weighted by Crippen LogP contribution is -2.53. The number of carbonyl (C=O) groups excluding carboxylic acids is 2. The predicted molar refractivity (Wildman–Crippen MR) is 74.7 cm³/mol. The van der Waals surface area contributed by atoms with Crippen LogP contribution in [0.2, 0.25) is 0 Å². The van der Waals surface area contributed by atoms with Crippen LogP contribution in [0.1, 0.15) is 29.1 Å². The van der Waals surface area contributed by atoms with Crippen LogP contribution < -0.4 is 5.32 Å². The fourth-order valence-electron chi connectivity index (χ4n) is 2.98. The van der Waals surface area contributed by atoms with Gasteiger partial charge in [-0.15, -0.1) is 0 Å². The number of aryl methyl sites for hydroxylation is 1. The monoisotopic (exact) mass is 292 g/mol. The number of piperazine rings is 1. The Kier molecular flexibility index (Phi) is 3.92. The Morgan fingerprint density at radius 2 is 2.10 bits per heavy atom. The van der Waals surface area contributed by atoms with E-state index in [4.69, 9.17) is 4.52 Å². The van der Waals surface area contributed by atoms with Crippen LogP contribution >= 0.6 is 0 Å². The Balaban J connectivity index is 1.72. The van der Waals surface area contributed by atoms with Crippen molar-refractivity contribution < 1.29 is 14.1 Å². The van der Waals surface area contributed by atoms with Crippen molar-refractivity contribution in [2.75, 3.05) is 32.7 Å². The lowest BCUT2D eigenvalue weighted by atomic mass is 10.1. The second-order valence-corrected chi connectivity index (χ2v) is 5.55. The number of nitrogens with one attached hydrogen (secondary N) is 1. The average Bonchev–Trinajstić information content (AvgIpc) is 3.15. The van der Waals surface area contributed by atoms with E-state index in [0.717, 1.165) is 25.9 Å². The normalized spacial score (nSPS) is 22.6. The van der Waals surface area contributed by atoms with E-state index in [9.17, 15) is 9.59 Å². The lowest BCUT2D eigenvalue weighted by Gasteiger charge is -2.32. The van der Waals surface area contributed by atoms with Crippen molar-refractivity contribution in [1.82, 2.24) is 20.3 Å². The van der Waals surface area contributed by atoms with Gasteiger partial charge in [-0.05, 0) is 19.8 Å². The van der Waals surface area contributed by atoms with E-state index in [0.29, 0.717) is 25.4 Å². The number of amides is 2. The summed E-state index contributed by atoms with van der Waals surface area (Å²) in [4.78, 5) is 28.6. The van der Waals surface area contributed by atoms with Gasteiger partial charge in [-0.1, -0.05) is 5.16 Å². The standard InChI is InChI=1S/C14H20N4O3/c1-10-9-11(16-21-10)13(19)18-6-2-3-12(18)14(20)17-7-4-15-5-8-17/h9,12,15H,2-8H2,1H3. The molecule has 0 saturated carbocycles. The number of rotatable bonds is 2. The molecule has 1 unspecified atom stereocenters. The number of nitrogens with zero attached hydrogens (tertiary/aromatic N) is 3. The molecule has 0 spiro atoms. The zero-order valence-electron chi connectivity index (χ0n) is 12.2. The maximum absolute atomic E-state index is 12.6. The summed E-state index contributed by atoms with van der Waals surface area (Å²) in [6.07, 6.45) is 1.58. The van der Waals surface area contributed by atoms with Gasteiger partial charge in [0, 0.05) is 38.8 Å². The molecule has 2 saturated heterocycles. The maximum atomic E-state index is 12.6. The molecule has 1 atom stereocenters. The first-order valence-corrected chi connectivity index (χ1v) is 7.40. The Hall–Kier alpha value is -1.89. The van der Waals surface area contributed by atoms with Crippen LogP contribution in [-0.2, 0) is 4.79 Å². The van der Waals surface area contributed by atoms with E-state index in [-0.39, 0.29) is 23.6 Å². The van der Waals surface area contributed by atoms with Crippen LogP contribution in [0.4, 0.5) is 0 Å². The number of hydrogen-bond donors (Lipinski definition) is 1. The van der Waals surface area contributed by atoms with Crippen molar-refractivity contribution in [3.63, 3.8) is 0 Å². The molecular formula is C14H20N4O3. The molecule has 2 fully saturated rings. The average molecular weight is 292 g/mol. The fourth-order valence-corrected chi connectivity index (χ4v) is 2.98. The summed E-state index contributed by atoms with van der Waals surface area (Å²) in [5.74, 6) is 0.447. The van der Waals surface area contributed by atoms with Crippen molar-refractivity contribution >= 4 is 11.8 Å². The third kappa shape index (κ3) is 2.78. The molecule has 1 aromatic heterocycles. The Bertz CT molecular complexity index is 536. The van der Waals surface area contributed by atoms with E-state index in [1.54, 1.807) is 17.9 Å². The molecule has 2 aliphatic rings. The Morgan fingerprint density at radius 1 is 1.33 bits per heavy atom. The van der Waals surface area contributed by atoms with Gasteiger partial charge in [-0.2, -0.15) is 0 Å². The van der Waals surface area contributed by atoms with Crippen molar-refractivity contribution in [3.8, 4) is 0 Å². The quantitative estimate of drug-likeness (QED) is 0.831. The molecule has 1 aromatic rings. The number of aromatic nitrogens is 1. The van der Waals surface area contributed by atoms with E-state index in [2.05, 4.69) is 10.5 Å². The van der Waals surface area contributed by atoms with Gasteiger partial charge in [0.05, 0.1) is 0 Å². The van der Waals surface area contributed by atoms with Gasteiger partial charge in [0.15, 0.2) is 5.69 Å². The fraction of sp³-hybridized carbons (Fsp3) is 0.643. The van der Waals surface area contributed by atoms with E-state index >= 15 is 0 Å². The lowest BCUT2D eigenvalue weighted by molar-refractivity contribution is -0.135. The summed E-state index contributed by atoms with van der Waals surface area (Å²) < 4.78 is 4.96. The third-order valence-electron chi connectivity index (χ3n) is 4.07. The third-order valence-corrected chi connectivity index (χ3v) is 4.07. The van der Waals surface area contributed by atoms with Crippen molar-refractivity contribution in [2.24, 2.45) is 0 Å². The van der Waals surface area contributed by atoms with Gasteiger partial charge in [0.2, 0.25) is 5.91 Å². The summed E-state index contributed by atoms with van der Waals surface area (Å²) in [5, 5.41) is 6.99. The minimum Gasteiger partial charge on any atom is -0.361 e. The van der Waals surface area contributed by atoms with Gasteiger partial charge < -0.3 is 19.6 Å². The van der Waals surface area contributed by atoms with E-state index in [1.807, 2.05) is 4.90 Å². The van der Waals surface area contributed by atoms with E-state index < -0.39 is 0 Å². The number of hydrogen-bond acceptors (Lipinski definition) is 5. The zero-order chi connectivity index (χ0) is 14.8. The van der Waals surface area contributed by atoms with Crippen molar-refractivity contribution in [3.05, 3.63) is 17.5 Å². The summed E-state index contributed by atoms with van der Waals surface area (Å²) >= 11 is 0. The molecule has 3 rings (SSSR count). The molecular weight excluding hydrogens is 272 g/mol. The molecule has 3 heterocycles. The SMILES string of the molecule is Cc1cc(C(=O)N2CCCC2C(=O)N2CCNCC2)no1. The van der Waals surface area contributed by atoms with Crippen LogP contribution in [-0.4, -0.2) is 65.5 Å². The van der Waals surface area contributed by atoms with Crippen LogP contribution in [0.25, 0.3) is 0 Å². The molecule has 0 aliphatic carbocycles. The largest absolute Gasteiger partial charge is 0.361 e. The van der Waals surface area contributed by atoms with Crippen LogP contribution in [0, 0.1) is 6.92 Å². The smallest absolute Gasteiger partial charge is 0.276 e. The summed E-state index contributed by atoms with van der Waals surface area (Å²) in [5.41, 5.74) is 0.285. The molecule has 2 aliphatic heterocycles. The first-order valence-electron chi connectivity index (χ1n) is 7.40. The first-order chi connectivity index (χ1) is 10.2. The molecule has 7 heteroatoms. The Morgan fingerprint density at radius 3 is 2.76 bits per heavy atom. The summed E-state index contributed by atoms with van der Waals surface area (Å²) in [6.45, 7) is 5.40. The minimum absolute atomic E-state index is 0.0579. The molecule has 0 aromatic carbocycles. The molecule has 0 bridgehead atoms. The second kappa shape index (κ2) is 5.85. The molecule has 2 amide bonds. The molecule has 7 nitrogen and oxygen atoms in total. The summed E-state index contributed by atoms with van der Waals surface area (Å²) in [7, 11) is 0. The van der Waals surface area contributed by atoms with Crippen molar-refractivity contribution in [2.45, 2.75) is 25.8 Å². The van der Waals surface area contributed by atoms with Gasteiger partial charge >= 0.3 is 0 Å². The maximum Gasteiger partial charge on any atom is 0.276 e. The number of likely N-dealkylation sites (tertiary alicyclic amines) is 1. The van der Waals surface area contributed by atoms with Gasteiger partial charge in [0.1, 0.15) is 11.8 Å². The highest BCUT2D eigenvalue weighted by atomic mass is 16.5. The second-order valence-electron chi connectivity index (χ2n) is 5.55. The predicted octanol–water partition coefficient (Wildman–Crippen LogP) is 0.0194. The first kappa shape index (κ1) is 14.1. The molecule has 1 N–H and O–H groups in total. The van der Waals surface area contributed by atoms with Crippen LogP contribution in [0.3, 0.4) is 0 Å². The molecule has 114 valence electrons. The molecule has 0 radical (unpaired) electrons. The van der Waals surface area contributed by atoms with E-state index in [1.165, 1.54) is 0 Å². The summed E-state index contributed by atoms with van der Waals surface area (Å²) in [6, 6.07) is 1.26. The highest BCUT2D eigenvalue weighted by Gasteiger charge is 2.37. The van der Waals surface area contributed by atoms with Gasteiger partial charge in [-0.3, -0.25) is 9.59 Å².